The number of fused-ring (bicyclic) bond motifs is 10. The molecule has 9 aromatic rings. The second-order valence-corrected chi connectivity index (χ2v) is 14.7. The van der Waals surface area contributed by atoms with Crippen molar-refractivity contribution in [1.29, 1.82) is 0 Å². The Morgan fingerprint density at radius 2 is 1.11 bits per heavy atom. The Hall–Kier alpha value is -6.72. The minimum Gasteiger partial charge on any atom is -0.324 e. The monoisotopic (exact) mass is 681 g/mol. The highest BCUT2D eigenvalue weighted by Gasteiger charge is 2.35. The van der Waals surface area contributed by atoms with Crippen molar-refractivity contribution >= 4 is 55.3 Å². The summed E-state index contributed by atoms with van der Waals surface area (Å²) in [4.78, 5) is 10.7. The number of para-hydroxylation sites is 2. The van der Waals surface area contributed by atoms with Crippen LogP contribution < -0.4 is 5.32 Å². The molecule has 252 valence electrons. The summed E-state index contributed by atoms with van der Waals surface area (Å²) >= 11 is 0. The summed E-state index contributed by atoms with van der Waals surface area (Å²) in [5.41, 5.74) is 13.1. The molecule has 0 bridgehead atoms. The van der Waals surface area contributed by atoms with Crippen molar-refractivity contribution in [2.45, 2.75) is 25.6 Å². The van der Waals surface area contributed by atoms with Crippen molar-refractivity contribution in [2.75, 3.05) is 0 Å². The van der Waals surface area contributed by atoms with Crippen molar-refractivity contribution in [3.05, 3.63) is 186 Å². The van der Waals surface area contributed by atoms with Crippen LogP contribution >= 0.6 is 0 Å². The van der Waals surface area contributed by atoms with Crippen LogP contribution in [0.4, 0.5) is 0 Å². The smallest absolute Gasteiger partial charge is 0.225 e. The Balaban J connectivity index is 1.21. The molecular weight excluding hydrogens is 647 g/mol. The summed E-state index contributed by atoms with van der Waals surface area (Å²) in [6, 6.07) is 58.7. The molecule has 1 aliphatic carbocycles. The molecule has 11 rings (SSSR count). The molecule has 7 aromatic carbocycles. The van der Waals surface area contributed by atoms with Crippen LogP contribution in [0, 0.1) is 0 Å². The third-order valence-electron chi connectivity index (χ3n) is 11.4. The standard InChI is InChI=1S/C48H35N5/c1-48(2)38-22-12-9-19-33(38)34-26-25-32(29-39(34)48)52-41-24-14-11-21-37(41)43-42(52)28-27-36-35-20-10-13-23-40(35)53(44(36)43)47-50-45(30-15-5-3-6-16-30)49-46(51-47)31-17-7-4-8-18-31/h3-29,47H,1-2H3,(H,49,50,51). The molecule has 0 unspecified atom stereocenters. The van der Waals surface area contributed by atoms with Gasteiger partial charge in [0.15, 0.2) is 0 Å². The van der Waals surface area contributed by atoms with Gasteiger partial charge in [-0.25, -0.2) is 9.98 Å². The summed E-state index contributed by atoms with van der Waals surface area (Å²) in [6.07, 6.45) is -0.545. The molecule has 0 amide bonds. The number of nitrogens with zero attached hydrogens (tertiary/aromatic N) is 4. The summed E-state index contributed by atoms with van der Waals surface area (Å²) < 4.78 is 4.81. The van der Waals surface area contributed by atoms with E-state index in [0.29, 0.717) is 0 Å². The van der Waals surface area contributed by atoms with E-state index < -0.39 is 6.29 Å². The number of nitrogens with one attached hydrogen (secondary N) is 1. The van der Waals surface area contributed by atoms with Crippen molar-refractivity contribution in [2.24, 2.45) is 9.98 Å². The number of hydrogen-bond donors (Lipinski definition) is 1. The van der Waals surface area contributed by atoms with E-state index in [2.05, 4.69) is 180 Å². The number of hydrogen-bond acceptors (Lipinski definition) is 3. The first-order chi connectivity index (χ1) is 26.1. The van der Waals surface area contributed by atoms with Gasteiger partial charge in [-0.3, -0.25) is 4.57 Å². The van der Waals surface area contributed by atoms with E-state index in [1.807, 2.05) is 12.1 Å². The fourth-order valence-corrected chi connectivity index (χ4v) is 8.93. The molecule has 1 N–H and O–H groups in total. The molecule has 0 spiro atoms. The molecule has 3 heterocycles. The Morgan fingerprint density at radius 1 is 0.509 bits per heavy atom. The van der Waals surface area contributed by atoms with E-state index >= 15 is 0 Å². The molecule has 2 aliphatic rings. The molecule has 2 aromatic heterocycles. The molecule has 53 heavy (non-hydrogen) atoms. The second kappa shape index (κ2) is 11.1. The van der Waals surface area contributed by atoms with Crippen molar-refractivity contribution < 1.29 is 0 Å². The van der Waals surface area contributed by atoms with Gasteiger partial charge in [0.2, 0.25) is 6.29 Å². The van der Waals surface area contributed by atoms with Gasteiger partial charge in [0.05, 0.1) is 22.1 Å². The first-order valence-electron chi connectivity index (χ1n) is 18.3. The van der Waals surface area contributed by atoms with Crippen molar-refractivity contribution in [3.63, 3.8) is 0 Å². The molecule has 0 radical (unpaired) electrons. The van der Waals surface area contributed by atoms with E-state index in [4.69, 9.17) is 9.98 Å². The van der Waals surface area contributed by atoms with E-state index in [9.17, 15) is 0 Å². The molecule has 0 saturated heterocycles. The van der Waals surface area contributed by atoms with Gasteiger partial charge >= 0.3 is 0 Å². The third kappa shape index (κ3) is 4.31. The Kier molecular flexibility index (Phi) is 6.30. The molecular formula is C48H35N5. The zero-order chi connectivity index (χ0) is 35.3. The maximum absolute atomic E-state index is 5.37. The van der Waals surface area contributed by atoms with Gasteiger partial charge in [-0.15, -0.1) is 0 Å². The molecule has 5 nitrogen and oxygen atoms in total. The lowest BCUT2D eigenvalue weighted by molar-refractivity contribution is 0.576. The van der Waals surface area contributed by atoms with E-state index in [1.165, 1.54) is 49.3 Å². The maximum Gasteiger partial charge on any atom is 0.225 e. The fraction of sp³-hybridized carbons (Fsp3) is 0.0833. The lowest BCUT2D eigenvalue weighted by atomic mass is 9.82. The van der Waals surface area contributed by atoms with Gasteiger partial charge in [0.25, 0.3) is 0 Å². The average molecular weight is 682 g/mol. The van der Waals surface area contributed by atoms with Gasteiger partial charge in [-0.05, 0) is 52.6 Å². The van der Waals surface area contributed by atoms with Gasteiger partial charge in [0.1, 0.15) is 11.7 Å². The number of aromatic nitrogens is 2. The SMILES string of the molecule is CC1(C)c2ccccc2-c2ccc(-n3c4ccccc4c4c3ccc3c5ccccc5n(C5N=C(c6ccccc6)NC(c6ccccc6)=N5)c34)cc21. The number of rotatable bonds is 4. The van der Waals surface area contributed by atoms with Crippen LogP contribution in [0.1, 0.15) is 42.4 Å². The van der Waals surface area contributed by atoms with Crippen molar-refractivity contribution in [3.8, 4) is 16.8 Å². The minimum atomic E-state index is -0.545. The zero-order valence-electron chi connectivity index (χ0n) is 29.5. The first kappa shape index (κ1) is 30.0. The Bertz CT molecular complexity index is 2940. The van der Waals surface area contributed by atoms with Crippen LogP contribution in [0.25, 0.3) is 60.4 Å². The number of benzene rings is 7. The lowest BCUT2D eigenvalue weighted by Gasteiger charge is -2.24. The quantitative estimate of drug-likeness (QED) is 0.197. The first-order valence-corrected chi connectivity index (χ1v) is 18.3. The minimum absolute atomic E-state index is 0.0989. The van der Waals surface area contributed by atoms with Gasteiger partial charge in [-0.1, -0.05) is 147 Å². The summed E-state index contributed by atoms with van der Waals surface area (Å²) in [5, 5.41) is 8.36. The predicted octanol–water partition coefficient (Wildman–Crippen LogP) is 11.2. The van der Waals surface area contributed by atoms with Crippen LogP contribution in [0.2, 0.25) is 0 Å². The third-order valence-corrected chi connectivity index (χ3v) is 11.4. The summed E-state index contributed by atoms with van der Waals surface area (Å²) in [5.74, 6) is 1.60. The topological polar surface area (TPSA) is 46.6 Å². The van der Waals surface area contributed by atoms with Crippen LogP contribution in [0.15, 0.2) is 174 Å². The zero-order valence-corrected chi connectivity index (χ0v) is 29.5. The van der Waals surface area contributed by atoms with Gasteiger partial charge in [-0.2, -0.15) is 0 Å². The Labute approximate surface area is 307 Å². The Morgan fingerprint density at radius 3 is 1.85 bits per heavy atom. The maximum atomic E-state index is 5.37. The van der Waals surface area contributed by atoms with Gasteiger partial charge < -0.3 is 9.88 Å². The fourth-order valence-electron chi connectivity index (χ4n) is 8.93. The van der Waals surface area contributed by atoms with Crippen LogP contribution in [0.5, 0.6) is 0 Å². The lowest BCUT2D eigenvalue weighted by Crippen LogP contribution is -2.36. The van der Waals surface area contributed by atoms with Crippen LogP contribution in [0.3, 0.4) is 0 Å². The highest BCUT2D eigenvalue weighted by Crippen LogP contribution is 2.50. The normalized spacial score (nSPS) is 15.1. The molecule has 0 saturated carbocycles. The van der Waals surface area contributed by atoms with E-state index in [-0.39, 0.29) is 5.41 Å². The number of aliphatic imine (C=N–C) groups is 2. The number of amidine groups is 2. The summed E-state index contributed by atoms with van der Waals surface area (Å²) in [7, 11) is 0. The predicted molar refractivity (Wildman–Crippen MR) is 219 cm³/mol. The molecule has 0 fully saturated rings. The van der Waals surface area contributed by atoms with E-state index in [0.717, 1.165) is 45.0 Å². The van der Waals surface area contributed by atoms with Crippen LogP contribution in [-0.2, 0) is 5.41 Å². The van der Waals surface area contributed by atoms with Gasteiger partial charge in [0, 0.05) is 43.8 Å². The van der Waals surface area contributed by atoms with E-state index in [1.54, 1.807) is 0 Å². The molecule has 5 heteroatoms. The summed E-state index contributed by atoms with van der Waals surface area (Å²) in [6.45, 7) is 4.70. The highest BCUT2D eigenvalue weighted by atomic mass is 15.3. The van der Waals surface area contributed by atoms with Crippen molar-refractivity contribution in [1.82, 2.24) is 14.5 Å². The highest BCUT2D eigenvalue weighted by molar-refractivity contribution is 6.26. The molecule has 0 atom stereocenters. The second-order valence-electron chi connectivity index (χ2n) is 14.7. The largest absolute Gasteiger partial charge is 0.324 e. The average Bonchev–Trinajstić information content (AvgIpc) is 3.81. The van der Waals surface area contributed by atoms with Crippen LogP contribution in [-0.4, -0.2) is 20.8 Å². The molecule has 1 aliphatic heterocycles.